The first kappa shape index (κ1) is 12.1. The van der Waals surface area contributed by atoms with E-state index in [0.29, 0.717) is 5.92 Å². The van der Waals surface area contributed by atoms with E-state index in [-0.39, 0.29) is 10.8 Å². The van der Waals surface area contributed by atoms with Crippen LogP contribution in [-0.4, -0.2) is 11.7 Å². The molecule has 1 saturated carbocycles. The van der Waals surface area contributed by atoms with Crippen LogP contribution in [0.5, 0.6) is 0 Å². The Balaban J connectivity index is 2.26. The van der Waals surface area contributed by atoms with E-state index in [2.05, 4.69) is 37.4 Å². The Morgan fingerprint density at radius 1 is 1.53 bits per heavy atom. The summed E-state index contributed by atoms with van der Waals surface area (Å²) in [4.78, 5) is 10.7. The number of amides is 2. The molecule has 2 aliphatic carbocycles. The first-order valence-corrected chi connectivity index (χ1v) is 6.11. The number of rotatable bonds is 2. The summed E-state index contributed by atoms with van der Waals surface area (Å²) in [5, 5.41) is 4.04. The molecule has 0 aromatic rings. The summed E-state index contributed by atoms with van der Waals surface area (Å²) in [6.45, 7) is 8.89. The highest BCUT2D eigenvalue weighted by molar-refractivity contribution is 6.00. The van der Waals surface area contributed by atoms with Crippen molar-refractivity contribution in [1.82, 2.24) is 5.43 Å². The SMILES string of the molecule is C/C(=N/NC(N)=O)C1=CC2(C)CCC1C2(C)C. The maximum atomic E-state index is 10.7. The maximum Gasteiger partial charge on any atom is 0.332 e. The Kier molecular flexibility index (Phi) is 2.56. The highest BCUT2D eigenvalue weighted by Gasteiger charge is 2.56. The third kappa shape index (κ3) is 1.66. The molecule has 94 valence electrons. The largest absolute Gasteiger partial charge is 0.350 e. The van der Waals surface area contributed by atoms with Crippen LogP contribution >= 0.6 is 0 Å². The Labute approximate surface area is 102 Å². The van der Waals surface area contributed by atoms with Crippen molar-refractivity contribution < 1.29 is 4.79 Å². The molecule has 0 saturated heterocycles. The van der Waals surface area contributed by atoms with Crippen molar-refractivity contribution in [3.05, 3.63) is 11.6 Å². The zero-order valence-corrected chi connectivity index (χ0v) is 11.0. The molecule has 4 nitrogen and oxygen atoms in total. The molecular weight excluding hydrogens is 214 g/mol. The number of carbonyl (C=O) groups is 1. The lowest BCUT2D eigenvalue weighted by molar-refractivity contribution is 0.181. The van der Waals surface area contributed by atoms with E-state index in [1.165, 1.54) is 18.4 Å². The van der Waals surface area contributed by atoms with Gasteiger partial charge >= 0.3 is 6.03 Å². The highest BCUT2D eigenvalue weighted by atomic mass is 16.2. The molecule has 0 heterocycles. The molecule has 1 fully saturated rings. The molecule has 17 heavy (non-hydrogen) atoms. The van der Waals surface area contributed by atoms with Crippen LogP contribution in [0, 0.1) is 16.7 Å². The number of primary amides is 1. The fraction of sp³-hybridized carbons (Fsp3) is 0.692. The Bertz CT molecular complexity index is 422. The monoisotopic (exact) mass is 235 g/mol. The summed E-state index contributed by atoms with van der Waals surface area (Å²) in [5.74, 6) is 0.547. The molecule has 0 aromatic heterocycles. The molecule has 2 amide bonds. The summed E-state index contributed by atoms with van der Waals surface area (Å²) in [6.07, 6.45) is 4.78. The first-order valence-electron chi connectivity index (χ1n) is 6.11. The van der Waals surface area contributed by atoms with Gasteiger partial charge in [-0.15, -0.1) is 0 Å². The Hall–Kier alpha value is -1.32. The number of nitrogens with zero attached hydrogens (tertiary/aromatic N) is 1. The number of urea groups is 1. The molecule has 2 bridgehead atoms. The third-order valence-corrected chi connectivity index (χ3v) is 4.90. The number of hydrogen-bond acceptors (Lipinski definition) is 2. The van der Waals surface area contributed by atoms with Crippen LogP contribution in [0.2, 0.25) is 0 Å². The van der Waals surface area contributed by atoms with Crippen molar-refractivity contribution in [1.29, 1.82) is 0 Å². The average Bonchev–Trinajstić information content (AvgIpc) is 2.57. The fourth-order valence-electron chi connectivity index (χ4n) is 3.33. The van der Waals surface area contributed by atoms with E-state index in [1.807, 2.05) is 6.92 Å². The fourth-order valence-corrected chi connectivity index (χ4v) is 3.33. The van der Waals surface area contributed by atoms with Gasteiger partial charge in [-0.3, -0.25) is 0 Å². The predicted octanol–water partition coefficient (Wildman–Crippen LogP) is 2.41. The lowest BCUT2D eigenvalue weighted by atomic mass is 9.70. The van der Waals surface area contributed by atoms with E-state index in [1.54, 1.807) is 0 Å². The smallest absolute Gasteiger partial charge is 0.332 e. The topological polar surface area (TPSA) is 67.5 Å². The van der Waals surface area contributed by atoms with E-state index < -0.39 is 6.03 Å². The minimum atomic E-state index is -0.612. The van der Waals surface area contributed by atoms with Gasteiger partial charge in [0.2, 0.25) is 0 Å². The molecule has 2 unspecified atom stereocenters. The van der Waals surface area contributed by atoms with E-state index >= 15 is 0 Å². The minimum Gasteiger partial charge on any atom is -0.350 e. The van der Waals surface area contributed by atoms with Crippen LogP contribution in [0.4, 0.5) is 4.79 Å². The molecule has 0 aromatic carbocycles. The zero-order chi connectivity index (χ0) is 12.8. The lowest BCUT2D eigenvalue weighted by Crippen LogP contribution is -2.28. The normalized spacial score (nSPS) is 34.7. The number of fused-ring (bicyclic) bond motifs is 2. The predicted molar refractivity (Wildman–Crippen MR) is 68.5 cm³/mol. The van der Waals surface area contributed by atoms with Gasteiger partial charge in [0.1, 0.15) is 0 Å². The van der Waals surface area contributed by atoms with Crippen molar-refractivity contribution in [2.75, 3.05) is 0 Å². The summed E-state index contributed by atoms with van der Waals surface area (Å²) in [7, 11) is 0. The van der Waals surface area contributed by atoms with Crippen molar-refractivity contribution in [2.24, 2.45) is 27.6 Å². The molecule has 4 heteroatoms. The van der Waals surface area contributed by atoms with Crippen LogP contribution in [-0.2, 0) is 0 Å². The zero-order valence-electron chi connectivity index (χ0n) is 11.0. The van der Waals surface area contributed by atoms with Crippen LogP contribution < -0.4 is 11.2 Å². The van der Waals surface area contributed by atoms with Crippen LogP contribution in [0.1, 0.15) is 40.5 Å². The second-order valence-corrected chi connectivity index (χ2v) is 6.00. The van der Waals surface area contributed by atoms with E-state index in [4.69, 9.17) is 5.73 Å². The van der Waals surface area contributed by atoms with Gasteiger partial charge in [-0.05, 0) is 42.1 Å². The van der Waals surface area contributed by atoms with Gasteiger partial charge < -0.3 is 5.73 Å². The van der Waals surface area contributed by atoms with Crippen molar-refractivity contribution in [3.63, 3.8) is 0 Å². The average molecular weight is 235 g/mol. The minimum absolute atomic E-state index is 0.260. The molecule has 0 radical (unpaired) electrons. The number of nitrogens with two attached hydrogens (primary N) is 1. The number of carbonyl (C=O) groups excluding carboxylic acids is 1. The van der Waals surface area contributed by atoms with Gasteiger partial charge in [0.25, 0.3) is 0 Å². The van der Waals surface area contributed by atoms with Gasteiger partial charge in [0, 0.05) is 0 Å². The van der Waals surface area contributed by atoms with Gasteiger partial charge in [-0.2, -0.15) is 5.10 Å². The van der Waals surface area contributed by atoms with Crippen molar-refractivity contribution in [3.8, 4) is 0 Å². The molecule has 2 atom stereocenters. The third-order valence-electron chi connectivity index (χ3n) is 4.90. The number of allylic oxidation sites excluding steroid dienone is 2. The standard InChI is InChI=1S/C13H21N3O/c1-8(15-16-11(14)17)9-7-13(4)6-5-10(9)12(13,2)3/h7,10H,5-6H2,1-4H3,(H3,14,16,17)/b15-8-. The van der Waals surface area contributed by atoms with Crippen molar-refractivity contribution >= 4 is 11.7 Å². The van der Waals surface area contributed by atoms with Gasteiger partial charge in [0.15, 0.2) is 0 Å². The van der Waals surface area contributed by atoms with Crippen LogP contribution in [0.15, 0.2) is 16.8 Å². The van der Waals surface area contributed by atoms with Crippen LogP contribution in [0.25, 0.3) is 0 Å². The quantitative estimate of drug-likeness (QED) is 0.560. The lowest BCUT2D eigenvalue weighted by Gasteiger charge is -2.34. The van der Waals surface area contributed by atoms with E-state index in [0.717, 1.165) is 5.71 Å². The van der Waals surface area contributed by atoms with Gasteiger partial charge in [-0.25, -0.2) is 10.2 Å². The number of nitrogens with one attached hydrogen (secondary N) is 1. The van der Waals surface area contributed by atoms with Crippen molar-refractivity contribution in [2.45, 2.75) is 40.5 Å². The summed E-state index contributed by atoms with van der Waals surface area (Å²) in [6, 6.07) is -0.612. The first-order chi connectivity index (χ1) is 7.78. The molecular formula is C13H21N3O. The molecule has 2 rings (SSSR count). The second kappa shape index (κ2) is 3.59. The highest BCUT2D eigenvalue weighted by Crippen LogP contribution is 2.64. The summed E-state index contributed by atoms with van der Waals surface area (Å²) in [5.41, 5.74) is 10.0. The molecule has 2 aliphatic rings. The summed E-state index contributed by atoms with van der Waals surface area (Å²) < 4.78 is 0. The summed E-state index contributed by atoms with van der Waals surface area (Å²) >= 11 is 0. The second-order valence-electron chi connectivity index (χ2n) is 6.00. The van der Waals surface area contributed by atoms with E-state index in [9.17, 15) is 4.79 Å². The maximum absolute atomic E-state index is 10.7. The van der Waals surface area contributed by atoms with Gasteiger partial charge in [-0.1, -0.05) is 26.8 Å². The van der Waals surface area contributed by atoms with Gasteiger partial charge in [0.05, 0.1) is 5.71 Å². The Morgan fingerprint density at radius 2 is 2.18 bits per heavy atom. The van der Waals surface area contributed by atoms with Crippen LogP contribution in [0.3, 0.4) is 0 Å². The molecule has 3 N–H and O–H groups in total. The Morgan fingerprint density at radius 3 is 2.59 bits per heavy atom. The molecule has 0 spiro atoms. The number of hydrazone groups is 1. The number of hydrogen-bond donors (Lipinski definition) is 2. The molecule has 0 aliphatic heterocycles.